The van der Waals surface area contributed by atoms with E-state index >= 15 is 0 Å². The highest BCUT2D eigenvalue weighted by molar-refractivity contribution is 5.73. The summed E-state index contributed by atoms with van der Waals surface area (Å²) in [6.45, 7) is 3.24. The lowest BCUT2D eigenvalue weighted by Gasteiger charge is -2.26. The molecule has 11 heteroatoms. The number of nitro groups is 1. The van der Waals surface area contributed by atoms with E-state index in [9.17, 15) is 23.3 Å². The second-order valence-corrected chi connectivity index (χ2v) is 6.71. The molecule has 0 bridgehead atoms. The van der Waals surface area contributed by atoms with Crippen LogP contribution in [0, 0.1) is 10.1 Å². The standard InChI is InChI=1S/C18H21F3N6O2/c19-18(20,21)13-4-6-14(7-5-13)25-17-15(27(28)29)16(23-12-24-17)22-8-11-26-9-2-1-3-10-26/h4-7,12H,1-3,8-11H2,(H2,22,23,24,25). The number of hydrogen-bond acceptors (Lipinski definition) is 7. The Morgan fingerprint density at radius 1 is 1.07 bits per heavy atom. The molecule has 2 aromatic rings. The Bertz CT molecular complexity index is 838. The number of benzene rings is 1. The smallest absolute Gasteiger partial charge is 0.363 e. The molecule has 0 spiro atoms. The summed E-state index contributed by atoms with van der Waals surface area (Å²) in [4.78, 5) is 21.1. The molecule has 0 saturated carbocycles. The molecule has 0 unspecified atom stereocenters. The first-order chi connectivity index (χ1) is 13.8. The Balaban J connectivity index is 1.71. The lowest BCUT2D eigenvalue weighted by atomic mass is 10.1. The predicted octanol–water partition coefficient (Wildman–Crippen LogP) is 4.05. The molecule has 1 aliphatic rings. The number of piperidine rings is 1. The van der Waals surface area contributed by atoms with Gasteiger partial charge in [0.25, 0.3) is 0 Å². The minimum Gasteiger partial charge on any atom is -0.363 e. The minimum atomic E-state index is -4.45. The second-order valence-electron chi connectivity index (χ2n) is 6.71. The number of likely N-dealkylation sites (tertiary alicyclic amines) is 1. The molecule has 0 radical (unpaired) electrons. The fraction of sp³-hybridized carbons (Fsp3) is 0.444. The van der Waals surface area contributed by atoms with Gasteiger partial charge >= 0.3 is 11.9 Å². The molecule has 1 fully saturated rings. The maximum atomic E-state index is 12.7. The molecular formula is C18H21F3N6O2. The molecule has 0 atom stereocenters. The van der Waals surface area contributed by atoms with Crippen molar-refractivity contribution in [2.45, 2.75) is 25.4 Å². The Hall–Kier alpha value is -2.95. The van der Waals surface area contributed by atoms with Crippen LogP contribution in [-0.2, 0) is 6.18 Å². The molecule has 29 heavy (non-hydrogen) atoms. The molecule has 8 nitrogen and oxygen atoms in total. The van der Waals surface area contributed by atoms with E-state index in [1.807, 2.05) is 0 Å². The first-order valence-electron chi connectivity index (χ1n) is 9.24. The minimum absolute atomic E-state index is 0.0661. The molecule has 1 aromatic carbocycles. The molecule has 0 aliphatic carbocycles. The Labute approximate surface area is 165 Å². The predicted molar refractivity (Wildman–Crippen MR) is 102 cm³/mol. The van der Waals surface area contributed by atoms with E-state index in [0.29, 0.717) is 6.54 Å². The number of halogens is 3. The Morgan fingerprint density at radius 3 is 2.34 bits per heavy atom. The van der Waals surface area contributed by atoms with E-state index in [4.69, 9.17) is 0 Å². The first kappa shape index (κ1) is 20.8. The summed E-state index contributed by atoms with van der Waals surface area (Å²) in [6.07, 6.45) is 0.234. The van der Waals surface area contributed by atoms with Crippen molar-refractivity contribution < 1.29 is 18.1 Å². The van der Waals surface area contributed by atoms with Crippen LogP contribution >= 0.6 is 0 Å². The highest BCUT2D eigenvalue weighted by Crippen LogP contribution is 2.33. The lowest BCUT2D eigenvalue weighted by molar-refractivity contribution is -0.383. The van der Waals surface area contributed by atoms with Crippen molar-refractivity contribution in [3.8, 4) is 0 Å². The SMILES string of the molecule is O=[N+]([O-])c1c(NCCN2CCCCC2)ncnc1Nc1ccc(C(F)(F)F)cc1. The van der Waals surface area contributed by atoms with Crippen molar-refractivity contribution in [2.75, 3.05) is 36.8 Å². The van der Waals surface area contributed by atoms with Gasteiger partial charge in [-0.15, -0.1) is 0 Å². The highest BCUT2D eigenvalue weighted by atomic mass is 19.4. The van der Waals surface area contributed by atoms with E-state index in [0.717, 1.165) is 44.6 Å². The van der Waals surface area contributed by atoms with Crippen LogP contribution in [0.3, 0.4) is 0 Å². The molecular weight excluding hydrogens is 389 g/mol. The summed E-state index contributed by atoms with van der Waals surface area (Å²) in [5, 5.41) is 17.2. The van der Waals surface area contributed by atoms with Gasteiger partial charge in [-0.1, -0.05) is 6.42 Å². The Morgan fingerprint density at radius 2 is 1.72 bits per heavy atom. The number of aromatic nitrogens is 2. The van der Waals surface area contributed by atoms with Crippen LogP contribution in [0.4, 0.5) is 36.2 Å². The van der Waals surface area contributed by atoms with Crippen molar-refractivity contribution in [1.82, 2.24) is 14.9 Å². The fourth-order valence-electron chi connectivity index (χ4n) is 3.17. The largest absolute Gasteiger partial charge is 0.416 e. The van der Waals surface area contributed by atoms with E-state index in [1.165, 1.54) is 24.9 Å². The summed E-state index contributed by atoms with van der Waals surface area (Å²) in [7, 11) is 0. The van der Waals surface area contributed by atoms with Gasteiger partial charge in [0, 0.05) is 18.8 Å². The van der Waals surface area contributed by atoms with Gasteiger partial charge < -0.3 is 15.5 Å². The molecule has 3 rings (SSSR count). The zero-order valence-electron chi connectivity index (χ0n) is 15.6. The van der Waals surface area contributed by atoms with Crippen LogP contribution in [0.25, 0.3) is 0 Å². The molecule has 1 saturated heterocycles. The molecule has 0 amide bonds. The van der Waals surface area contributed by atoms with Gasteiger partial charge in [-0.25, -0.2) is 9.97 Å². The normalized spacial score (nSPS) is 15.1. The Kier molecular flexibility index (Phi) is 6.47. The number of nitrogens with zero attached hydrogens (tertiary/aromatic N) is 4. The zero-order chi connectivity index (χ0) is 20.9. The van der Waals surface area contributed by atoms with Crippen molar-refractivity contribution >= 4 is 23.0 Å². The molecule has 2 N–H and O–H groups in total. The number of nitrogens with one attached hydrogen (secondary N) is 2. The number of alkyl halides is 3. The third-order valence-electron chi connectivity index (χ3n) is 4.65. The van der Waals surface area contributed by atoms with E-state index in [1.54, 1.807) is 0 Å². The molecule has 156 valence electrons. The summed E-state index contributed by atoms with van der Waals surface area (Å²) in [6, 6.07) is 4.18. The maximum Gasteiger partial charge on any atom is 0.416 e. The van der Waals surface area contributed by atoms with Crippen LogP contribution in [0.5, 0.6) is 0 Å². The summed E-state index contributed by atoms with van der Waals surface area (Å²) in [5.41, 5.74) is -0.912. The maximum absolute atomic E-state index is 12.7. The van der Waals surface area contributed by atoms with Gasteiger partial charge in [-0.05, 0) is 50.2 Å². The van der Waals surface area contributed by atoms with Crippen LogP contribution in [0.15, 0.2) is 30.6 Å². The monoisotopic (exact) mass is 410 g/mol. The van der Waals surface area contributed by atoms with Crippen LogP contribution in [0.1, 0.15) is 24.8 Å². The van der Waals surface area contributed by atoms with Crippen molar-refractivity contribution in [3.63, 3.8) is 0 Å². The summed E-state index contributed by atoms with van der Waals surface area (Å²) < 4.78 is 38.0. The second kappa shape index (κ2) is 9.03. The quantitative estimate of drug-likeness (QED) is 0.525. The fourth-order valence-corrected chi connectivity index (χ4v) is 3.17. The van der Waals surface area contributed by atoms with E-state index in [-0.39, 0.29) is 23.0 Å². The summed E-state index contributed by atoms with van der Waals surface area (Å²) in [5.74, 6) is -0.0262. The van der Waals surface area contributed by atoms with Gasteiger partial charge in [-0.2, -0.15) is 13.2 Å². The van der Waals surface area contributed by atoms with Gasteiger partial charge in [-0.3, -0.25) is 10.1 Å². The number of hydrogen-bond donors (Lipinski definition) is 2. The van der Waals surface area contributed by atoms with Crippen LogP contribution in [-0.4, -0.2) is 46.0 Å². The molecule has 2 heterocycles. The number of anilines is 3. The van der Waals surface area contributed by atoms with Crippen molar-refractivity contribution in [3.05, 3.63) is 46.3 Å². The van der Waals surface area contributed by atoms with E-state index in [2.05, 4.69) is 25.5 Å². The van der Waals surface area contributed by atoms with Crippen molar-refractivity contribution in [1.29, 1.82) is 0 Å². The highest BCUT2D eigenvalue weighted by Gasteiger charge is 2.30. The average Bonchev–Trinajstić information content (AvgIpc) is 2.68. The zero-order valence-corrected chi connectivity index (χ0v) is 15.6. The van der Waals surface area contributed by atoms with Gasteiger partial charge in [0.15, 0.2) is 0 Å². The van der Waals surface area contributed by atoms with Gasteiger partial charge in [0.1, 0.15) is 6.33 Å². The summed E-state index contributed by atoms with van der Waals surface area (Å²) >= 11 is 0. The van der Waals surface area contributed by atoms with Gasteiger partial charge in [0.05, 0.1) is 10.5 Å². The van der Waals surface area contributed by atoms with E-state index < -0.39 is 16.7 Å². The van der Waals surface area contributed by atoms with Crippen LogP contribution < -0.4 is 10.6 Å². The van der Waals surface area contributed by atoms with Crippen LogP contribution in [0.2, 0.25) is 0 Å². The molecule has 1 aliphatic heterocycles. The third-order valence-corrected chi connectivity index (χ3v) is 4.65. The lowest BCUT2D eigenvalue weighted by Crippen LogP contribution is -2.33. The third kappa shape index (κ3) is 5.53. The van der Waals surface area contributed by atoms with Gasteiger partial charge in [0.2, 0.25) is 11.6 Å². The average molecular weight is 410 g/mol. The number of rotatable bonds is 7. The van der Waals surface area contributed by atoms with Crippen molar-refractivity contribution in [2.24, 2.45) is 0 Å². The first-order valence-corrected chi connectivity index (χ1v) is 9.24. The topological polar surface area (TPSA) is 96.2 Å². The molecule has 1 aromatic heterocycles.